The normalized spacial score (nSPS) is 11.8. The molecule has 0 saturated heterocycles. The van der Waals surface area contributed by atoms with Crippen molar-refractivity contribution in [3.63, 3.8) is 0 Å². The highest BCUT2D eigenvalue weighted by molar-refractivity contribution is 6.32. The van der Waals surface area contributed by atoms with E-state index in [0.717, 1.165) is 16.8 Å². The van der Waals surface area contributed by atoms with Crippen LogP contribution in [0.5, 0.6) is 5.75 Å². The fraction of sp³-hybridized carbons (Fsp3) is 0.235. The zero-order valence-electron chi connectivity index (χ0n) is 12.3. The highest BCUT2D eigenvalue weighted by Crippen LogP contribution is 2.26. The number of anilines is 1. The van der Waals surface area contributed by atoms with E-state index in [9.17, 15) is 4.79 Å². The first-order chi connectivity index (χ1) is 9.95. The van der Waals surface area contributed by atoms with Gasteiger partial charge in [-0.05, 0) is 56.2 Å². The van der Waals surface area contributed by atoms with Gasteiger partial charge in [-0.15, -0.1) is 0 Å². The lowest BCUT2D eigenvalue weighted by molar-refractivity contribution is -0.122. The van der Waals surface area contributed by atoms with Crippen LogP contribution in [-0.2, 0) is 4.79 Å². The van der Waals surface area contributed by atoms with E-state index < -0.39 is 6.10 Å². The van der Waals surface area contributed by atoms with Gasteiger partial charge in [0.2, 0.25) is 0 Å². The van der Waals surface area contributed by atoms with Gasteiger partial charge in [0.05, 0.1) is 5.02 Å². The standard InChI is InChI=1S/C17H18ClNO2/c1-11-5-4-6-14(9-11)19-17(20)13(3)21-16-10-12(2)7-8-15(16)18/h4-10,13H,1-3H3,(H,19,20). The first-order valence-corrected chi connectivity index (χ1v) is 7.14. The molecule has 4 heteroatoms. The summed E-state index contributed by atoms with van der Waals surface area (Å²) in [4.78, 5) is 12.1. The lowest BCUT2D eigenvalue weighted by Crippen LogP contribution is -2.30. The second-order valence-electron chi connectivity index (χ2n) is 5.05. The minimum atomic E-state index is -0.634. The Bertz CT molecular complexity index is 655. The van der Waals surface area contributed by atoms with Gasteiger partial charge in [0.15, 0.2) is 6.10 Å². The zero-order chi connectivity index (χ0) is 15.4. The molecule has 0 aliphatic heterocycles. The molecule has 0 fully saturated rings. The van der Waals surface area contributed by atoms with Crippen LogP contribution in [0.4, 0.5) is 5.69 Å². The molecule has 0 aliphatic rings. The highest BCUT2D eigenvalue weighted by Gasteiger charge is 2.16. The second kappa shape index (κ2) is 6.64. The third-order valence-corrected chi connectivity index (χ3v) is 3.36. The summed E-state index contributed by atoms with van der Waals surface area (Å²) in [5.74, 6) is 0.307. The van der Waals surface area contributed by atoms with Gasteiger partial charge in [-0.25, -0.2) is 0 Å². The van der Waals surface area contributed by atoms with Crippen LogP contribution in [0, 0.1) is 13.8 Å². The summed E-state index contributed by atoms with van der Waals surface area (Å²) >= 11 is 6.07. The lowest BCUT2D eigenvalue weighted by Gasteiger charge is -2.16. The average Bonchev–Trinajstić information content (AvgIpc) is 2.43. The van der Waals surface area contributed by atoms with Crippen molar-refractivity contribution < 1.29 is 9.53 Å². The SMILES string of the molecule is Cc1cccc(NC(=O)C(C)Oc2cc(C)ccc2Cl)c1. The molecule has 2 rings (SSSR count). The average molecular weight is 304 g/mol. The Kier molecular flexibility index (Phi) is 4.86. The minimum Gasteiger partial charge on any atom is -0.479 e. The number of aryl methyl sites for hydroxylation is 2. The summed E-state index contributed by atoms with van der Waals surface area (Å²) < 4.78 is 5.65. The summed E-state index contributed by atoms with van der Waals surface area (Å²) in [7, 11) is 0. The fourth-order valence-electron chi connectivity index (χ4n) is 1.91. The number of benzene rings is 2. The molecule has 2 aromatic carbocycles. The first-order valence-electron chi connectivity index (χ1n) is 6.76. The molecule has 1 N–H and O–H groups in total. The molecule has 0 bridgehead atoms. The monoisotopic (exact) mass is 303 g/mol. The third-order valence-electron chi connectivity index (χ3n) is 3.05. The quantitative estimate of drug-likeness (QED) is 0.911. The Morgan fingerprint density at radius 3 is 2.57 bits per heavy atom. The largest absolute Gasteiger partial charge is 0.479 e. The van der Waals surface area contributed by atoms with E-state index in [2.05, 4.69) is 5.32 Å². The van der Waals surface area contributed by atoms with Crippen LogP contribution in [0.25, 0.3) is 0 Å². The third kappa shape index (κ3) is 4.23. The van der Waals surface area contributed by atoms with Gasteiger partial charge in [-0.3, -0.25) is 4.79 Å². The molecule has 0 saturated carbocycles. The van der Waals surface area contributed by atoms with Gasteiger partial charge >= 0.3 is 0 Å². The maximum Gasteiger partial charge on any atom is 0.265 e. The number of halogens is 1. The van der Waals surface area contributed by atoms with E-state index in [0.29, 0.717) is 10.8 Å². The molecule has 2 aromatic rings. The molecule has 21 heavy (non-hydrogen) atoms. The number of hydrogen-bond donors (Lipinski definition) is 1. The molecule has 1 atom stereocenters. The van der Waals surface area contributed by atoms with Crippen LogP contribution in [-0.4, -0.2) is 12.0 Å². The van der Waals surface area contributed by atoms with Crippen molar-refractivity contribution in [2.45, 2.75) is 26.9 Å². The van der Waals surface area contributed by atoms with Gasteiger partial charge in [-0.2, -0.15) is 0 Å². The maximum atomic E-state index is 12.1. The lowest BCUT2D eigenvalue weighted by atomic mass is 10.2. The van der Waals surface area contributed by atoms with Crippen LogP contribution in [0.2, 0.25) is 5.02 Å². The van der Waals surface area contributed by atoms with Crippen LogP contribution in [0.15, 0.2) is 42.5 Å². The van der Waals surface area contributed by atoms with Gasteiger partial charge in [0, 0.05) is 5.69 Å². The van der Waals surface area contributed by atoms with E-state index in [1.54, 1.807) is 13.0 Å². The van der Waals surface area contributed by atoms with E-state index in [1.165, 1.54) is 0 Å². The van der Waals surface area contributed by atoms with Crippen molar-refractivity contribution in [2.24, 2.45) is 0 Å². The second-order valence-corrected chi connectivity index (χ2v) is 5.46. The van der Waals surface area contributed by atoms with Gasteiger partial charge in [0.25, 0.3) is 5.91 Å². The van der Waals surface area contributed by atoms with Crippen LogP contribution in [0.3, 0.4) is 0 Å². The molecule has 1 amide bonds. The Morgan fingerprint density at radius 1 is 1.14 bits per heavy atom. The Hall–Kier alpha value is -2.00. The highest BCUT2D eigenvalue weighted by atomic mass is 35.5. The van der Waals surface area contributed by atoms with E-state index in [1.807, 2.05) is 50.2 Å². The Labute approximate surface area is 129 Å². The number of nitrogens with one attached hydrogen (secondary N) is 1. The van der Waals surface area contributed by atoms with Crippen LogP contribution < -0.4 is 10.1 Å². The smallest absolute Gasteiger partial charge is 0.265 e. The molecular weight excluding hydrogens is 286 g/mol. The Morgan fingerprint density at radius 2 is 1.86 bits per heavy atom. The van der Waals surface area contributed by atoms with E-state index >= 15 is 0 Å². The van der Waals surface area contributed by atoms with Crippen molar-refractivity contribution in [1.29, 1.82) is 0 Å². The molecule has 110 valence electrons. The predicted molar refractivity (Wildman–Crippen MR) is 86.1 cm³/mol. The zero-order valence-corrected chi connectivity index (χ0v) is 13.1. The summed E-state index contributed by atoms with van der Waals surface area (Å²) in [5, 5.41) is 3.33. The Balaban J connectivity index is 2.04. The van der Waals surface area contributed by atoms with Crippen molar-refractivity contribution in [3.05, 3.63) is 58.6 Å². The topological polar surface area (TPSA) is 38.3 Å². The molecule has 0 aliphatic carbocycles. The summed E-state index contributed by atoms with van der Waals surface area (Å²) in [5.41, 5.74) is 2.87. The summed E-state index contributed by atoms with van der Waals surface area (Å²) in [6.07, 6.45) is -0.634. The van der Waals surface area contributed by atoms with Gasteiger partial charge in [0.1, 0.15) is 5.75 Å². The molecule has 0 heterocycles. The number of amides is 1. The van der Waals surface area contributed by atoms with Crippen molar-refractivity contribution in [2.75, 3.05) is 5.32 Å². The molecule has 0 aromatic heterocycles. The molecular formula is C17H18ClNO2. The number of ether oxygens (including phenoxy) is 1. The summed E-state index contributed by atoms with van der Waals surface area (Å²) in [6.45, 7) is 5.62. The van der Waals surface area contributed by atoms with Crippen molar-refractivity contribution in [3.8, 4) is 5.75 Å². The van der Waals surface area contributed by atoms with Crippen LogP contribution >= 0.6 is 11.6 Å². The number of carbonyl (C=O) groups excluding carboxylic acids is 1. The van der Waals surface area contributed by atoms with Crippen molar-refractivity contribution in [1.82, 2.24) is 0 Å². The van der Waals surface area contributed by atoms with Gasteiger partial charge in [-0.1, -0.05) is 29.8 Å². The maximum absolute atomic E-state index is 12.1. The number of hydrogen-bond acceptors (Lipinski definition) is 2. The van der Waals surface area contributed by atoms with Gasteiger partial charge < -0.3 is 10.1 Å². The fourth-order valence-corrected chi connectivity index (χ4v) is 2.07. The molecule has 0 spiro atoms. The first kappa shape index (κ1) is 15.4. The van der Waals surface area contributed by atoms with E-state index in [-0.39, 0.29) is 5.91 Å². The molecule has 0 radical (unpaired) electrons. The van der Waals surface area contributed by atoms with Crippen LogP contribution in [0.1, 0.15) is 18.1 Å². The predicted octanol–water partition coefficient (Wildman–Crippen LogP) is 4.36. The molecule has 3 nitrogen and oxygen atoms in total. The molecule has 1 unspecified atom stereocenters. The summed E-state index contributed by atoms with van der Waals surface area (Å²) in [6, 6.07) is 13.1. The van der Waals surface area contributed by atoms with E-state index in [4.69, 9.17) is 16.3 Å². The number of rotatable bonds is 4. The number of carbonyl (C=O) groups is 1. The van der Waals surface area contributed by atoms with Crippen molar-refractivity contribution >= 4 is 23.2 Å². The minimum absolute atomic E-state index is 0.210.